The summed E-state index contributed by atoms with van der Waals surface area (Å²) in [7, 11) is 1.46. The molecule has 1 N–H and O–H groups in total. The molecule has 0 amide bonds. The first kappa shape index (κ1) is 22.1. The van der Waals surface area contributed by atoms with Crippen molar-refractivity contribution in [2.24, 2.45) is 0 Å². The summed E-state index contributed by atoms with van der Waals surface area (Å²) in [6.45, 7) is 3.86. The molecule has 2 aromatic carbocycles. The molecule has 170 valence electrons. The molecule has 1 atom stereocenters. The second kappa shape index (κ2) is 10.0. The Morgan fingerprint density at radius 1 is 1.09 bits per heavy atom. The van der Waals surface area contributed by atoms with E-state index in [0.29, 0.717) is 17.6 Å². The van der Waals surface area contributed by atoms with Crippen LogP contribution in [0.4, 0.5) is 0 Å². The van der Waals surface area contributed by atoms with Gasteiger partial charge in [0.1, 0.15) is 5.75 Å². The summed E-state index contributed by atoms with van der Waals surface area (Å²) in [5, 5.41) is 8.83. The topological polar surface area (TPSA) is 85.3 Å². The molecule has 0 spiro atoms. The average molecular weight is 440 g/mol. The lowest BCUT2D eigenvalue weighted by atomic mass is 9.87. The zero-order chi connectivity index (χ0) is 22.5. The van der Waals surface area contributed by atoms with E-state index in [-0.39, 0.29) is 5.75 Å². The maximum absolute atomic E-state index is 11.5. The van der Waals surface area contributed by atoms with Gasteiger partial charge in [0.25, 0.3) is 0 Å². The van der Waals surface area contributed by atoms with Crippen LogP contribution in [0, 0.1) is 0 Å². The summed E-state index contributed by atoms with van der Waals surface area (Å²) in [5.41, 5.74) is 2.37. The molecule has 0 radical (unpaired) electrons. The minimum absolute atomic E-state index is 0.151. The molecule has 4 rings (SSSR count). The Bertz CT molecular complexity index is 967. The third-order valence-corrected chi connectivity index (χ3v) is 6.50. The van der Waals surface area contributed by atoms with E-state index in [1.165, 1.54) is 12.7 Å². The quantitative estimate of drug-likeness (QED) is 0.416. The fourth-order valence-electron chi connectivity index (χ4n) is 4.71. The molecular formula is C25H29NO6. The van der Waals surface area contributed by atoms with Crippen LogP contribution in [0.15, 0.2) is 42.5 Å². The molecule has 1 saturated heterocycles. The number of carboxylic acid groups (broad SMARTS) is 1. The fraction of sp³-hybridized carbons (Fsp3) is 0.440. The third-order valence-electron chi connectivity index (χ3n) is 6.50. The Labute approximate surface area is 187 Å². The standard InChI is InChI=1S/C25H29NO6/c1-30-22-7-6-19(16-23(22)32-25(29)24(27)28)17-8-12-26(13-9-17)14-10-18-11-15-31-21-5-3-2-4-20(18)21/h2-7,16-18H,8-15H2,1H3,(H,27,28). The highest BCUT2D eigenvalue weighted by atomic mass is 16.6. The first-order valence-electron chi connectivity index (χ1n) is 11.1. The highest BCUT2D eigenvalue weighted by molar-refractivity contribution is 6.29. The third kappa shape index (κ3) is 5.05. The van der Waals surface area contributed by atoms with Crippen molar-refractivity contribution in [2.45, 2.75) is 37.5 Å². The van der Waals surface area contributed by atoms with Crippen molar-refractivity contribution < 1.29 is 28.9 Å². The van der Waals surface area contributed by atoms with Gasteiger partial charge in [-0.25, -0.2) is 9.59 Å². The van der Waals surface area contributed by atoms with Gasteiger partial charge in [0.15, 0.2) is 11.5 Å². The molecule has 32 heavy (non-hydrogen) atoms. The second-order valence-electron chi connectivity index (χ2n) is 8.38. The van der Waals surface area contributed by atoms with E-state index < -0.39 is 11.9 Å². The molecular weight excluding hydrogens is 410 g/mol. The van der Waals surface area contributed by atoms with Crippen molar-refractivity contribution in [3.8, 4) is 17.2 Å². The number of fused-ring (bicyclic) bond motifs is 1. The molecule has 1 fully saturated rings. The summed E-state index contributed by atoms with van der Waals surface area (Å²) in [6, 6.07) is 13.8. The molecule has 1 unspecified atom stereocenters. The van der Waals surface area contributed by atoms with Crippen LogP contribution in [-0.4, -0.2) is 55.3 Å². The molecule has 0 bridgehead atoms. The number of likely N-dealkylation sites (tertiary alicyclic amines) is 1. The zero-order valence-electron chi connectivity index (χ0n) is 18.3. The SMILES string of the molecule is COc1ccc(C2CCN(CCC3CCOc4ccccc43)CC2)cc1OC(=O)C(=O)O. The average Bonchev–Trinajstić information content (AvgIpc) is 2.83. The lowest BCUT2D eigenvalue weighted by Gasteiger charge is -2.34. The Morgan fingerprint density at radius 2 is 1.88 bits per heavy atom. The van der Waals surface area contributed by atoms with Gasteiger partial charge in [0.2, 0.25) is 0 Å². The van der Waals surface area contributed by atoms with Gasteiger partial charge in [0.05, 0.1) is 13.7 Å². The lowest BCUT2D eigenvalue weighted by Crippen LogP contribution is -2.34. The number of carboxylic acids is 1. The van der Waals surface area contributed by atoms with Crippen molar-refractivity contribution in [3.05, 3.63) is 53.6 Å². The number of para-hydroxylation sites is 1. The van der Waals surface area contributed by atoms with Gasteiger partial charge in [-0.2, -0.15) is 0 Å². The van der Waals surface area contributed by atoms with Crippen LogP contribution in [0.25, 0.3) is 0 Å². The van der Waals surface area contributed by atoms with E-state index >= 15 is 0 Å². The van der Waals surface area contributed by atoms with Crippen LogP contribution >= 0.6 is 0 Å². The molecule has 2 heterocycles. The smallest absolute Gasteiger partial charge is 0.422 e. The minimum Gasteiger partial charge on any atom is -0.493 e. The summed E-state index contributed by atoms with van der Waals surface area (Å²) in [4.78, 5) is 24.9. The molecule has 0 aliphatic carbocycles. The van der Waals surface area contributed by atoms with E-state index in [2.05, 4.69) is 23.1 Å². The van der Waals surface area contributed by atoms with E-state index in [0.717, 1.165) is 63.2 Å². The Balaban J connectivity index is 1.33. The number of nitrogens with zero attached hydrogens (tertiary/aromatic N) is 1. The van der Waals surface area contributed by atoms with Gasteiger partial charge in [-0.1, -0.05) is 24.3 Å². The number of benzene rings is 2. The normalized spacial score (nSPS) is 19.0. The molecule has 7 nitrogen and oxygen atoms in total. The van der Waals surface area contributed by atoms with Gasteiger partial charge in [0, 0.05) is 0 Å². The van der Waals surface area contributed by atoms with E-state index in [1.54, 1.807) is 12.1 Å². The summed E-state index contributed by atoms with van der Waals surface area (Å²) in [5.74, 6) is -0.534. The Kier molecular flexibility index (Phi) is 6.95. The maximum Gasteiger partial charge on any atom is 0.422 e. The summed E-state index contributed by atoms with van der Waals surface area (Å²) in [6.07, 6.45) is 4.20. The van der Waals surface area contributed by atoms with Gasteiger partial charge >= 0.3 is 11.9 Å². The van der Waals surface area contributed by atoms with Crippen molar-refractivity contribution in [1.29, 1.82) is 0 Å². The van der Waals surface area contributed by atoms with Crippen molar-refractivity contribution >= 4 is 11.9 Å². The number of aliphatic carboxylic acids is 1. The number of rotatable bonds is 6. The largest absolute Gasteiger partial charge is 0.493 e. The second-order valence-corrected chi connectivity index (χ2v) is 8.38. The fourth-order valence-corrected chi connectivity index (χ4v) is 4.71. The number of hydrogen-bond acceptors (Lipinski definition) is 6. The van der Waals surface area contributed by atoms with Crippen LogP contribution in [-0.2, 0) is 9.59 Å². The molecule has 2 aliphatic heterocycles. The van der Waals surface area contributed by atoms with E-state index in [1.807, 2.05) is 12.1 Å². The predicted octanol–water partition coefficient (Wildman–Crippen LogP) is 3.82. The van der Waals surface area contributed by atoms with E-state index in [4.69, 9.17) is 19.3 Å². The molecule has 2 aromatic rings. The summed E-state index contributed by atoms with van der Waals surface area (Å²) < 4.78 is 16.0. The number of esters is 1. The number of hydrogen-bond donors (Lipinski definition) is 1. The molecule has 2 aliphatic rings. The highest BCUT2D eigenvalue weighted by Crippen LogP contribution is 2.37. The van der Waals surface area contributed by atoms with Crippen LogP contribution in [0.1, 0.15) is 48.6 Å². The molecule has 0 saturated carbocycles. The van der Waals surface area contributed by atoms with Crippen LogP contribution in [0.2, 0.25) is 0 Å². The minimum atomic E-state index is -1.63. The number of carbonyl (C=O) groups excluding carboxylic acids is 1. The maximum atomic E-state index is 11.5. The molecule has 7 heteroatoms. The van der Waals surface area contributed by atoms with E-state index in [9.17, 15) is 9.59 Å². The van der Waals surface area contributed by atoms with Gasteiger partial charge in [-0.15, -0.1) is 0 Å². The Hall–Kier alpha value is -3.06. The van der Waals surface area contributed by atoms with Crippen LogP contribution in [0.3, 0.4) is 0 Å². The number of methoxy groups -OCH3 is 1. The number of ether oxygens (including phenoxy) is 3. The summed E-state index contributed by atoms with van der Waals surface area (Å²) >= 11 is 0. The first-order chi connectivity index (χ1) is 15.5. The molecule has 0 aromatic heterocycles. The monoisotopic (exact) mass is 439 g/mol. The van der Waals surface area contributed by atoms with Gasteiger partial charge in [-0.3, -0.25) is 0 Å². The van der Waals surface area contributed by atoms with Gasteiger partial charge < -0.3 is 24.2 Å². The van der Waals surface area contributed by atoms with Crippen LogP contribution < -0.4 is 14.2 Å². The van der Waals surface area contributed by atoms with Gasteiger partial charge in [-0.05, 0) is 86.5 Å². The van der Waals surface area contributed by atoms with Crippen molar-refractivity contribution in [3.63, 3.8) is 0 Å². The Morgan fingerprint density at radius 3 is 2.62 bits per heavy atom. The predicted molar refractivity (Wildman–Crippen MR) is 119 cm³/mol. The lowest BCUT2D eigenvalue weighted by molar-refractivity contribution is -0.158. The van der Waals surface area contributed by atoms with Crippen molar-refractivity contribution in [2.75, 3.05) is 33.4 Å². The van der Waals surface area contributed by atoms with Crippen molar-refractivity contribution in [1.82, 2.24) is 4.90 Å². The first-order valence-corrected chi connectivity index (χ1v) is 11.1. The highest BCUT2D eigenvalue weighted by Gasteiger charge is 2.25. The number of carbonyl (C=O) groups is 2. The zero-order valence-corrected chi connectivity index (χ0v) is 18.3. The van der Waals surface area contributed by atoms with Crippen LogP contribution in [0.5, 0.6) is 17.2 Å². The number of piperidine rings is 1.